The predicted octanol–water partition coefficient (Wildman–Crippen LogP) is -0.0809. The summed E-state index contributed by atoms with van der Waals surface area (Å²) < 4.78 is 9.35. The van der Waals surface area contributed by atoms with Crippen LogP contribution < -0.4 is 15.8 Å². The van der Waals surface area contributed by atoms with E-state index in [9.17, 15) is 9.59 Å². The molecular formula is C11H15N3O4. The van der Waals surface area contributed by atoms with Gasteiger partial charge in [-0.1, -0.05) is 0 Å². The minimum absolute atomic E-state index is 0.166. The molecule has 7 nitrogen and oxygen atoms in total. The Morgan fingerprint density at radius 2 is 2.17 bits per heavy atom. The molecule has 1 aromatic heterocycles. The van der Waals surface area contributed by atoms with E-state index in [1.807, 2.05) is 0 Å². The van der Waals surface area contributed by atoms with Gasteiger partial charge in [-0.2, -0.15) is 0 Å². The first-order valence-electron chi connectivity index (χ1n) is 5.20. The van der Waals surface area contributed by atoms with Crippen LogP contribution >= 0.6 is 0 Å². The fraction of sp³-hybridized carbons (Fsp3) is 0.364. The zero-order chi connectivity index (χ0) is 13.5. The number of hydrogen-bond donors (Lipinski definition) is 2. The first-order valence-corrected chi connectivity index (χ1v) is 5.20. The normalized spacial score (nSPS) is 11.5. The van der Waals surface area contributed by atoms with Gasteiger partial charge in [0.1, 0.15) is 17.6 Å². The Bertz CT molecular complexity index is 419. The van der Waals surface area contributed by atoms with E-state index in [4.69, 9.17) is 10.5 Å². The molecule has 7 heteroatoms. The van der Waals surface area contributed by atoms with E-state index in [1.54, 1.807) is 12.1 Å². The number of nitrogens with one attached hydrogen (secondary N) is 1. The number of amides is 1. The summed E-state index contributed by atoms with van der Waals surface area (Å²) in [5, 5.41) is 2.51. The zero-order valence-electron chi connectivity index (χ0n) is 10.2. The van der Waals surface area contributed by atoms with Gasteiger partial charge in [0.25, 0.3) is 0 Å². The molecule has 0 aliphatic heterocycles. The average Bonchev–Trinajstić information content (AvgIpc) is 2.38. The Balaban J connectivity index is 2.51. The van der Waals surface area contributed by atoms with Gasteiger partial charge in [0.05, 0.1) is 26.8 Å². The Morgan fingerprint density at radius 1 is 1.44 bits per heavy atom. The molecule has 18 heavy (non-hydrogen) atoms. The van der Waals surface area contributed by atoms with E-state index in [0.29, 0.717) is 11.6 Å². The number of nitrogens with zero attached hydrogens (tertiary/aromatic N) is 1. The van der Waals surface area contributed by atoms with E-state index in [0.717, 1.165) is 0 Å². The van der Waals surface area contributed by atoms with Crippen LogP contribution in [0.15, 0.2) is 18.3 Å². The number of carbonyl (C=O) groups excluding carboxylic acids is 2. The van der Waals surface area contributed by atoms with Crippen LogP contribution in [0.1, 0.15) is 6.42 Å². The minimum atomic E-state index is -0.978. The second kappa shape index (κ2) is 6.55. The molecule has 98 valence electrons. The quantitative estimate of drug-likeness (QED) is 0.711. The highest BCUT2D eigenvalue weighted by Gasteiger charge is 2.18. The van der Waals surface area contributed by atoms with E-state index in [2.05, 4.69) is 15.0 Å². The van der Waals surface area contributed by atoms with E-state index >= 15 is 0 Å². The zero-order valence-corrected chi connectivity index (χ0v) is 10.2. The van der Waals surface area contributed by atoms with Crippen LogP contribution in [0, 0.1) is 0 Å². The minimum Gasteiger partial charge on any atom is -0.495 e. The first kappa shape index (κ1) is 13.9. The number of anilines is 1. The molecule has 3 N–H and O–H groups in total. The van der Waals surface area contributed by atoms with E-state index in [-0.39, 0.29) is 6.42 Å². The van der Waals surface area contributed by atoms with Crippen molar-refractivity contribution >= 4 is 17.7 Å². The standard InChI is InChI=1S/C11H15N3O4/c1-17-7-3-4-9(13-6-7)14-10(15)5-8(12)11(16)18-2/h3-4,6,8H,5,12H2,1-2H3,(H,13,14,15)/t8-/m0/s1. The molecule has 1 heterocycles. The maximum Gasteiger partial charge on any atom is 0.323 e. The first-order chi connectivity index (χ1) is 8.56. The summed E-state index contributed by atoms with van der Waals surface area (Å²) in [5.41, 5.74) is 5.45. The van der Waals surface area contributed by atoms with Crippen LogP contribution in [-0.4, -0.2) is 37.1 Å². The molecule has 0 aliphatic rings. The summed E-state index contributed by atoms with van der Waals surface area (Å²) in [6.45, 7) is 0. The molecule has 0 aromatic carbocycles. The van der Waals surface area contributed by atoms with Crippen LogP contribution in [0.3, 0.4) is 0 Å². The number of pyridine rings is 1. The highest BCUT2D eigenvalue weighted by Crippen LogP contribution is 2.11. The van der Waals surface area contributed by atoms with Crippen LogP contribution in [0.4, 0.5) is 5.82 Å². The third-order valence-corrected chi connectivity index (χ3v) is 2.15. The average molecular weight is 253 g/mol. The lowest BCUT2D eigenvalue weighted by Gasteiger charge is -2.09. The van der Waals surface area contributed by atoms with Gasteiger partial charge < -0.3 is 20.5 Å². The van der Waals surface area contributed by atoms with E-state index < -0.39 is 17.9 Å². The number of rotatable bonds is 5. The van der Waals surface area contributed by atoms with Gasteiger partial charge in [0.15, 0.2) is 0 Å². The number of aromatic nitrogens is 1. The molecule has 0 spiro atoms. The van der Waals surface area contributed by atoms with Gasteiger partial charge in [-0.3, -0.25) is 9.59 Å². The Hall–Kier alpha value is -2.15. The fourth-order valence-electron chi connectivity index (χ4n) is 1.20. The number of nitrogens with two attached hydrogens (primary N) is 1. The predicted molar refractivity (Wildman–Crippen MR) is 64.0 cm³/mol. The van der Waals surface area contributed by atoms with Crippen LogP contribution in [0.5, 0.6) is 5.75 Å². The Morgan fingerprint density at radius 3 is 2.67 bits per heavy atom. The molecule has 0 saturated heterocycles. The number of hydrogen-bond acceptors (Lipinski definition) is 6. The second-order valence-corrected chi connectivity index (χ2v) is 3.47. The SMILES string of the molecule is COC(=O)[C@@H](N)CC(=O)Nc1ccc(OC)cn1. The molecule has 0 unspecified atom stereocenters. The van der Waals surface area contributed by atoms with Crippen molar-refractivity contribution in [1.82, 2.24) is 4.98 Å². The van der Waals surface area contributed by atoms with Crippen molar-refractivity contribution in [1.29, 1.82) is 0 Å². The molecule has 0 radical (unpaired) electrons. The molecule has 1 amide bonds. The lowest BCUT2D eigenvalue weighted by Crippen LogP contribution is -2.35. The second-order valence-electron chi connectivity index (χ2n) is 3.47. The molecule has 0 aliphatic carbocycles. The molecule has 0 bridgehead atoms. The lowest BCUT2D eigenvalue weighted by atomic mass is 10.2. The summed E-state index contributed by atoms with van der Waals surface area (Å²) in [7, 11) is 2.73. The summed E-state index contributed by atoms with van der Waals surface area (Å²) in [6.07, 6.45) is 1.30. The van der Waals surface area contributed by atoms with Crippen molar-refractivity contribution in [3.05, 3.63) is 18.3 Å². The van der Waals surface area contributed by atoms with Gasteiger partial charge >= 0.3 is 5.97 Å². The van der Waals surface area contributed by atoms with E-state index in [1.165, 1.54) is 20.4 Å². The number of esters is 1. The van der Waals surface area contributed by atoms with Gasteiger partial charge in [-0.25, -0.2) is 4.98 Å². The van der Waals surface area contributed by atoms with Crippen LogP contribution in [0.2, 0.25) is 0 Å². The lowest BCUT2D eigenvalue weighted by molar-refractivity contribution is -0.143. The number of methoxy groups -OCH3 is 2. The van der Waals surface area contributed by atoms with Crippen molar-refractivity contribution in [3.63, 3.8) is 0 Å². The van der Waals surface area contributed by atoms with Crippen molar-refractivity contribution in [3.8, 4) is 5.75 Å². The topological polar surface area (TPSA) is 104 Å². The monoisotopic (exact) mass is 253 g/mol. The van der Waals surface area contributed by atoms with Crippen LogP contribution in [-0.2, 0) is 14.3 Å². The van der Waals surface area contributed by atoms with Gasteiger partial charge in [-0.05, 0) is 12.1 Å². The summed E-state index contributed by atoms with van der Waals surface area (Å²) in [4.78, 5) is 26.5. The van der Waals surface area contributed by atoms with Gasteiger partial charge in [0.2, 0.25) is 5.91 Å². The largest absolute Gasteiger partial charge is 0.495 e. The summed E-state index contributed by atoms with van der Waals surface area (Å²) in [6, 6.07) is 2.26. The van der Waals surface area contributed by atoms with Crippen molar-refractivity contribution < 1.29 is 19.1 Å². The highest BCUT2D eigenvalue weighted by atomic mass is 16.5. The molecule has 0 fully saturated rings. The van der Waals surface area contributed by atoms with Gasteiger partial charge in [0, 0.05) is 0 Å². The number of ether oxygens (including phenoxy) is 2. The Kier molecular flexibility index (Phi) is 5.06. The maximum atomic E-state index is 11.5. The summed E-state index contributed by atoms with van der Waals surface area (Å²) >= 11 is 0. The van der Waals surface area contributed by atoms with Crippen molar-refractivity contribution in [2.24, 2.45) is 5.73 Å². The summed E-state index contributed by atoms with van der Waals surface area (Å²) in [5.74, 6) is -0.101. The Labute approximate surface area is 104 Å². The van der Waals surface area contributed by atoms with Gasteiger partial charge in [-0.15, -0.1) is 0 Å². The molecule has 1 atom stereocenters. The third kappa shape index (κ3) is 4.02. The molecule has 1 aromatic rings. The maximum absolute atomic E-state index is 11.5. The third-order valence-electron chi connectivity index (χ3n) is 2.15. The van der Waals surface area contributed by atoms with Crippen molar-refractivity contribution in [2.75, 3.05) is 19.5 Å². The van der Waals surface area contributed by atoms with Crippen LogP contribution in [0.25, 0.3) is 0 Å². The number of carbonyl (C=O) groups is 2. The fourth-order valence-corrected chi connectivity index (χ4v) is 1.20. The molecular weight excluding hydrogens is 238 g/mol. The highest BCUT2D eigenvalue weighted by molar-refractivity contribution is 5.93. The smallest absolute Gasteiger partial charge is 0.323 e. The molecule has 0 saturated carbocycles. The molecule has 1 rings (SSSR count). The van der Waals surface area contributed by atoms with Crippen molar-refractivity contribution in [2.45, 2.75) is 12.5 Å².